The highest BCUT2D eigenvalue weighted by molar-refractivity contribution is 5.98. The number of amides is 1. The maximum absolute atomic E-state index is 13.0. The molecule has 0 bridgehead atoms. The molecule has 1 amide bonds. The first-order valence-corrected chi connectivity index (χ1v) is 8.52. The zero-order valence-corrected chi connectivity index (χ0v) is 14.2. The van der Waals surface area contributed by atoms with Crippen LogP contribution in [0, 0.1) is 5.92 Å². The Balaban J connectivity index is 1.73. The van der Waals surface area contributed by atoms with Gasteiger partial charge >= 0.3 is 0 Å². The molecule has 7 heteroatoms. The minimum atomic E-state index is -1.05. The van der Waals surface area contributed by atoms with Crippen molar-refractivity contribution in [3.05, 3.63) is 42.2 Å². The molecule has 132 valence electrons. The largest absolute Gasteiger partial charge is 0.397 e. The molecule has 3 aromatic rings. The minimum Gasteiger partial charge on any atom is -0.397 e. The van der Waals surface area contributed by atoms with Gasteiger partial charge in [0.2, 0.25) is 5.91 Å². The number of fused-ring (bicyclic) bond motifs is 1. The van der Waals surface area contributed by atoms with Crippen molar-refractivity contribution < 1.29 is 9.18 Å². The summed E-state index contributed by atoms with van der Waals surface area (Å²) in [6, 6.07) is 7.48. The second-order valence-corrected chi connectivity index (χ2v) is 6.47. The molecule has 4 rings (SSSR count). The molecular formula is C19H18FN5O. The summed E-state index contributed by atoms with van der Waals surface area (Å²) in [7, 11) is 0. The number of pyridine rings is 1. The Kier molecular flexibility index (Phi) is 3.99. The molecule has 0 saturated heterocycles. The SMILES string of the molecule is CCc1ccncc1-c1cc(N)c2nnc(NC(=O)[C@@H]3C[C@@H]3F)cc2c1. The Morgan fingerprint density at radius 1 is 1.35 bits per heavy atom. The lowest BCUT2D eigenvalue weighted by atomic mass is 9.98. The van der Waals surface area contributed by atoms with Crippen molar-refractivity contribution in [1.29, 1.82) is 0 Å². The summed E-state index contributed by atoms with van der Waals surface area (Å²) in [6.07, 6.45) is 3.67. The average Bonchev–Trinajstić information content (AvgIpc) is 3.38. The number of nitrogens with zero attached hydrogens (tertiary/aromatic N) is 3. The number of anilines is 2. The van der Waals surface area contributed by atoms with Gasteiger partial charge in [-0.15, -0.1) is 10.2 Å². The highest BCUT2D eigenvalue weighted by Gasteiger charge is 2.43. The van der Waals surface area contributed by atoms with Crippen molar-refractivity contribution in [3.63, 3.8) is 0 Å². The van der Waals surface area contributed by atoms with Crippen molar-refractivity contribution in [2.75, 3.05) is 11.1 Å². The van der Waals surface area contributed by atoms with Gasteiger partial charge in [0, 0.05) is 23.3 Å². The van der Waals surface area contributed by atoms with E-state index in [1.165, 1.54) is 0 Å². The summed E-state index contributed by atoms with van der Waals surface area (Å²) in [5, 5.41) is 11.5. The van der Waals surface area contributed by atoms with Crippen molar-refractivity contribution >= 4 is 28.3 Å². The van der Waals surface area contributed by atoms with Crippen LogP contribution >= 0.6 is 0 Å². The second-order valence-electron chi connectivity index (χ2n) is 6.47. The number of nitrogens with two attached hydrogens (primary N) is 1. The maximum Gasteiger partial charge on any atom is 0.231 e. The quantitative estimate of drug-likeness (QED) is 0.704. The third kappa shape index (κ3) is 2.96. The number of hydrogen-bond acceptors (Lipinski definition) is 5. The Labute approximate surface area is 149 Å². The Bertz CT molecular complexity index is 1010. The van der Waals surface area contributed by atoms with Gasteiger partial charge in [0.05, 0.1) is 11.6 Å². The van der Waals surface area contributed by atoms with Gasteiger partial charge < -0.3 is 11.1 Å². The van der Waals surface area contributed by atoms with Gasteiger partial charge in [-0.05, 0) is 48.2 Å². The molecule has 1 aromatic carbocycles. The number of aromatic nitrogens is 3. The predicted octanol–water partition coefficient (Wildman–Crippen LogP) is 3.13. The number of hydrogen-bond donors (Lipinski definition) is 2. The van der Waals surface area contributed by atoms with Gasteiger partial charge in [-0.2, -0.15) is 0 Å². The fraction of sp³-hybridized carbons (Fsp3) is 0.263. The van der Waals surface area contributed by atoms with E-state index >= 15 is 0 Å². The summed E-state index contributed by atoms with van der Waals surface area (Å²) in [6.45, 7) is 2.08. The van der Waals surface area contributed by atoms with Gasteiger partial charge in [-0.1, -0.05) is 6.92 Å². The van der Waals surface area contributed by atoms with Crippen molar-refractivity contribution in [2.45, 2.75) is 25.9 Å². The Morgan fingerprint density at radius 2 is 2.15 bits per heavy atom. The van der Waals surface area contributed by atoms with Crippen LogP contribution in [0.25, 0.3) is 22.0 Å². The van der Waals surface area contributed by atoms with Gasteiger partial charge in [0.1, 0.15) is 11.7 Å². The van der Waals surface area contributed by atoms with Crippen LogP contribution < -0.4 is 11.1 Å². The summed E-state index contributed by atoms with van der Waals surface area (Å²) >= 11 is 0. The molecule has 0 radical (unpaired) electrons. The molecular weight excluding hydrogens is 333 g/mol. The zero-order chi connectivity index (χ0) is 18.3. The number of nitrogens with one attached hydrogen (secondary N) is 1. The molecule has 1 saturated carbocycles. The molecule has 0 unspecified atom stereocenters. The number of nitrogen functional groups attached to an aromatic ring is 1. The summed E-state index contributed by atoms with van der Waals surface area (Å²) in [5.41, 5.74) is 10.3. The molecule has 2 aromatic heterocycles. The van der Waals surface area contributed by atoms with Crippen LogP contribution in [0.4, 0.5) is 15.9 Å². The van der Waals surface area contributed by atoms with E-state index in [2.05, 4.69) is 27.4 Å². The molecule has 2 atom stereocenters. The molecule has 0 spiro atoms. The predicted molar refractivity (Wildman–Crippen MR) is 98.2 cm³/mol. The molecule has 0 aliphatic heterocycles. The standard InChI is InChI=1S/C19H18FN5O/c1-2-10-3-4-22-9-14(10)11-5-12-7-17(23-19(26)13-8-15(13)20)24-25-18(12)16(21)6-11/h3-7,9,13,15H,2,8,21H2,1H3,(H,23,24,26)/t13-,15+/m1/s1. The number of alkyl halides is 1. The number of rotatable bonds is 4. The van der Waals surface area contributed by atoms with E-state index in [1.54, 1.807) is 12.3 Å². The van der Waals surface area contributed by atoms with E-state index in [0.717, 1.165) is 28.5 Å². The second kappa shape index (κ2) is 6.33. The molecule has 1 aliphatic rings. The Morgan fingerprint density at radius 3 is 2.88 bits per heavy atom. The highest BCUT2D eigenvalue weighted by atomic mass is 19.1. The third-order valence-corrected chi connectivity index (χ3v) is 4.62. The molecule has 1 fully saturated rings. The van der Waals surface area contributed by atoms with Crippen LogP contribution in [0.5, 0.6) is 0 Å². The topological polar surface area (TPSA) is 93.8 Å². The molecule has 2 heterocycles. The van der Waals surface area contributed by atoms with E-state index in [1.807, 2.05) is 24.4 Å². The normalized spacial score (nSPS) is 18.7. The maximum atomic E-state index is 13.0. The smallest absolute Gasteiger partial charge is 0.231 e. The van der Waals surface area contributed by atoms with Crippen LogP contribution in [-0.2, 0) is 11.2 Å². The van der Waals surface area contributed by atoms with Gasteiger partial charge in [0.25, 0.3) is 0 Å². The number of carbonyl (C=O) groups is 1. The van der Waals surface area contributed by atoms with Gasteiger partial charge in [-0.25, -0.2) is 4.39 Å². The van der Waals surface area contributed by atoms with Crippen molar-refractivity contribution in [3.8, 4) is 11.1 Å². The van der Waals surface area contributed by atoms with Gasteiger partial charge in [-0.3, -0.25) is 9.78 Å². The molecule has 1 aliphatic carbocycles. The Hall–Kier alpha value is -3.09. The van der Waals surface area contributed by atoms with E-state index in [-0.39, 0.29) is 12.3 Å². The lowest BCUT2D eigenvalue weighted by Gasteiger charge is -2.11. The lowest BCUT2D eigenvalue weighted by Crippen LogP contribution is -2.16. The first kappa shape index (κ1) is 16.4. The number of benzene rings is 1. The number of carbonyl (C=O) groups excluding carboxylic acids is 1. The van der Waals surface area contributed by atoms with E-state index < -0.39 is 12.1 Å². The summed E-state index contributed by atoms with van der Waals surface area (Å²) < 4.78 is 13.0. The van der Waals surface area contributed by atoms with E-state index in [0.29, 0.717) is 17.0 Å². The molecule has 26 heavy (non-hydrogen) atoms. The zero-order valence-electron chi connectivity index (χ0n) is 14.2. The van der Waals surface area contributed by atoms with E-state index in [9.17, 15) is 9.18 Å². The average molecular weight is 351 g/mol. The summed E-state index contributed by atoms with van der Waals surface area (Å²) in [4.78, 5) is 16.1. The van der Waals surface area contributed by atoms with Crippen LogP contribution in [0.15, 0.2) is 36.7 Å². The third-order valence-electron chi connectivity index (χ3n) is 4.62. The van der Waals surface area contributed by atoms with Crippen molar-refractivity contribution in [2.24, 2.45) is 5.92 Å². The monoisotopic (exact) mass is 351 g/mol. The van der Waals surface area contributed by atoms with Crippen LogP contribution in [0.2, 0.25) is 0 Å². The molecule has 6 nitrogen and oxygen atoms in total. The lowest BCUT2D eigenvalue weighted by molar-refractivity contribution is -0.117. The van der Waals surface area contributed by atoms with E-state index in [4.69, 9.17) is 5.73 Å². The fourth-order valence-corrected chi connectivity index (χ4v) is 3.05. The van der Waals surface area contributed by atoms with Gasteiger partial charge in [0.15, 0.2) is 5.82 Å². The first-order chi connectivity index (χ1) is 12.6. The van der Waals surface area contributed by atoms with Crippen LogP contribution in [-0.4, -0.2) is 27.3 Å². The number of halogens is 1. The fourth-order valence-electron chi connectivity index (χ4n) is 3.05. The highest BCUT2D eigenvalue weighted by Crippen LogP contribution is 2.35. The first-order valence-electron chi connectivity index (χ1n) is 8.52. The molecule has 3 N–H and O–H groups in total. The van der Waals surface area contributed by atoms with Crippen molar-refractivity contribution in [1.82, 2.24) is 15.2 Å². The number of aryl methyl sites for hydroxylation is 1. The minimum absolute atomic E-state index is 0.269. The summed E-state index contributed by atoms with van der Waals surface area (Å²) in [5.74, 6) is -0.651. The van der Waals surface area contributed by atoms with Crippen LogP contribution in [0.3, 0.4) is 0 Å². The van der Waals surface area contributed by atoms with Crippen LogP contribution in [0.1, 0.15) is 18.9 Å².